The molecular formula is C19H28ClN3O. The van der Waals surface area contributed by atoms with Crippen molar-refractivity contribution in [3.8, 4) is 0 Å². The van der Waals surface area contributed by atoms with Crippen LogP contribution in [0.2, 0.25) is 5.02 Å². The van der Waals surface area contributed by atoms with Gasteiger partial charge in [-0.15, -0.1) is 0 Å². The smallest absolute Gasteiger partial charge is 0.236 e. The zero-order valence-corrected chi connectivity index (χ0v) is 15.6. The molecule has 0 bridgehead atoms. The van der Waals surface area contributed by atoms with Crippen molar-refractivity contribution in [1.82, 2.24) is 9.80 Å². The SMILES string of the molecule is Cc1ccc(Cl)cc1N1CCN(CC(=O)N2CCCC[C@H]2C)CC1. The summed E-state index contributed by atoms with van der Waals surface area (Å²) < 4.78 is 0. The second-order valence-electron chi connectivity index (χ2n) is 7.13. The maximum Gasteiger partial charge on any atom is 0.236 e. The first kappa shape index (κ1) is 17.6. The molecule has 0 saturated carbocycles. The first-order valence-electron chi connectivity index (χ1n) is 9.07. The zero-order valence-electron chi connectivity index (χ0n) is 14.8. The van der Waals surface area contributed by atoms with Gasteiger partial charge in [0.2, 0.25) is 5.91 Å². The maximum atomic E-state index is 12.6. The van der Waals surface area contributed by atoms with Crippen LogP contribution < -0.4 is 4.90 Å². The minimum absolute atomic E-state index is 0.301. The van der Waals surface area contributed by atoms with Crippen molar-refractivity contribution in [3.05, 3.63) is 28.8 Å². The lowest BCUT2D eigenvalue weighted by atomic mass is 10.0. The van der Waals surface area contributed by atoms with Gasteiger partial charge in [-0.2, -0.15) is 0 Å². The first-order chi connectivity index (χ1) is 11.5. The fourth-order valence-corrected chi connectivity index (χ4v) is 3.99. The lowest BCUT2D eigenvalue weighted by molar-refractivity contribution is -0.135. The second-order valence-corrected chi connectivity index (χ2v) is 7.56. The lowest BCUT2D eigenvalue weighted by Gasteiger charge is -2.39. The van der Waals surface area contributed by atoms with Crippen molar-refractivity contribution < 1.29 is 4.79 Å². The molecule has 0 radical (unpaired) electrons. The van der Waals surface area contributed by atoms with Gasteiger partial charge in [-0.3, -0.25) is 9.69 Å². The highest BCUT2D eigenvalue weighted by atomic mass is 35.5. The van der Waals surface area contributed by atoms with Crippen LogP contribution in [0.3, 0.4) is 0 Å². The Balaban J connectivity index is 1.53. The van der Waals surface area contributed by atoms with E-state index in [1.807, 2.05) is 12.1 Å². The number of hydrogen-bond acceptors (Lipinski definition) is 3. The highest BCUT2D eigenvalue weighted by Gasteiger charge is 2.26. The zero-order chi connectivity index (χ0) is 17.1. The van der Waals surface area contributed by atoms with Crippen LogP contribution in [-0.2, 0) is 4.79 Å². The number of carbonyl (C=O) groups is 1. The number of carbonyl (C=O) groups excluding carboxylic acids is 1. The van der Waals surface area contributed by atoms with Crippen LogP contribution >= 0.6 is 11.6 Å². The molecule has 0 aliphatic carbocycles. The molecule has 1 atom stereocenters. The van der Waals surface area contributed by atoms with Crippen molar-refractivity contribution in [2.75, 3.05) is 44.2 Å². The molecule has 0 N–H and O–H groups in total. The Morgan fingerprint density at radius 1 is 1.17 bits per heavy atom. The van der Waals surface area contributed by atoms with E-state index in [9.17, 15) is 4.79 Å². The van der Waals surface area contributed by atoms with Crippen LogP contribution in [0.1, 0.15) is 31.7 Å². The quantitative estimate of drug-likeness (QED) is 0.838. The number of hydrogen-bond donors (Lipinski definition) is 0. The number of amides is 1. The Morgan fingerprint density at radius 2 is 1.92 bits per heavy atom. The third-order valence-electron chi connectivity index (χ3n) is 5.37. The minimum atomic E-state index is 0.301. The van der Waals surface area contributed by atoms with E-state index in [4.69, 9.17) is 11.6 Å². The average Bonchev–Trinajstić information content (AvgIpc) is 2.58. The standard InChI is InChI=1S/C19H28ClN3O/c1-15-6-7-17(20)13-18(15)22-11-9-21(10-12-22)14-19(24)23-8-4-3-5-16(23)2/h6-7,13,16H,3-5,8-12,14H2,1-2H3/t16-/m1/s1. The summed E-state index contributed by atoms with van der Waals surface area (Å²) in [5.41, 5.74) is 2.48. The number of likely N-dealkylation sites (tertiary alicyclic amines) is 1. The molecule has 5 heteroatoms. The van der Waals surface area contributed by atoms with Crippen LogP contribution in [-0.4, -0.2) is 61.0 Å². The van der Waals surface area contributed by atoms with Crippen molar-refractivity contribution in [1.29, 1.82) is 0 Å². The van der Waals surface area contributed by atoms with Gasteiger partial charge in [-0.1, -0.05) is 17.7 Å². The Morgan fingerprint density at radius 3 is 2.62 bits per heavy atom. The number of rotatable bonds is 3. The largest absolute Gasteiger partial charge is 0.369 e. The third kappa shape index (κ3) is 4.04. The van der Waals surface area contributed by atoms with Gasteiger partial charge in [0.25, 0.3) is 0 Å². The van der Waals surface area contributed by atoms with Crippen molar-refractivity contribution >= 4 is 23.2 Å². The van der Waals surface area contributed by atoms with Gasteiger partial charge in [-0.25, -0.2) is 0 Å². The van der Waals surface area contributed by atoms with E-state index in [1.54, 1.807) is 0 Å². The summed E-state index contributed by atoms with van der Waals surface area (Å²) >= 11 is 6.15. The summed E-state index contributed by atoms with van der Waals surface area (Å²) in [6.07, 6.45) is 3.55. The summed E-state index contributed by atoms with van der Waals surface area (Å²) in [7, 11) is 0. The monoisotopic (exact) mass is 349 g/mol. The Hall–Kier alpha value is -1.26. The maximum absolute atomic E-state index is 12.6. The summed E-state index contributed by atoms with van der Waals surface area (Å²) in [6.45, 7) is 9.55. The van der Waals surface area contributed by atoms with E-state index < -0.39 is 0 Å². The summed E-state index contributed by atoms with van der Waals surface area (Å²) in [6, 6.07) is 6.47. The summed E-state index contributed by atoms with van der Waals surface area (Å²) in [5.74, 6) is 0.301. The van der Waals surface area contributed by atoms with Gasteiger partial charge in [-0.05, 0) is 50.8 Å². The van der Waals surface area contributed by atoms with Crippen LogP contribution in [0, 0.1) is 6.92 Å². The Bertz CT molecular complexity index is 584. The van der Waals surface area contributed by atoms with E-state index in [0.717, 1.165) is 50.6 Å². The van der Waals surface area contributed by atoms with Gasteiger partial charge < -0.3 is 9.80 Å². The molecule has 2 fully saturated rings. The van der Waals surface area contributed by atoms with E-state index in [-0.39, 0.29) is 0 Å². The number of nitrogens with zero attached hydrogens (tertiary/aromatic N) is 3. The van der Waals surface area contributed by atoms with Crippen LogP contribution in [0.5, 0.6) is 0 Å². The number of benzene rings is 1. The summed E-state index contributed by atoms with van der Waals surface area (Å²) in [4.78, 5) is 19.3. The van der Waals surface area contributed by atoms with Crippen LogP contribution in [0.15, 0.2) is 18.2 Å². The van der Waals surface area contributed by atoms with E-state index >= 15 is 0 Å². The average molecular weight is 350 g/mol. The molecule has 2 aliphatic heterocycles. The van der Waals surface area contributed by atoms with Gasteiger partial charge in [0, 0.05) is 49.5 Å². The van der Waals surface area contributed by atoms with E-state index in [2.05, 4.69) is 34.6 Å². The van der Waals surface area contributed by atoms with E-state index in [0.29, 0.717) is 18.5 Å². The van der Waals surface area contributed by atoms with Crippen molar-refractivity contribution in [2.24, 2.45) is 0 Å². The van der Waals surface area contributed by atoms with Gasteiger partial charge in [0.1, 0.15) is 0 Å². The number of halogens is 1. The molecular weight excluding hydrogens is 322 g/mol. The fraction of sp³-hybridized carbons (Fsp3) is 0.632. The molecule has 2 heterocycles. The fourth-order valence-electron chi connectivity index (χ4n) is 3.82. The Labute approximate surface area is 150 Å². The number of piperazine rings is 1. The van der Waals surface area contributed by atoms with Crippen molar-refractivity contribution in [2.45, 2.75) is 39.2 Å². The highest BCUT2D eigenvalue weighted by Crippen LogP contribution is 2.25. The van der Waals surface area contributed by atoms with Crippen LogP contribution in [0.25, 0.3) is 0 Å². The molecule has 0 unspecified atom stereocenters. The minimum Gasteiger partial charge on any atom is -0.369 e. The van der Waals surface area contributed by atoms with Gasteiger partial charge in [0.05, 0.1) is 6.54 Å². The predicted molar refractivity (Wildman–Crippen MR) is 99.9 cm³/mol. The van der Waals surface area contributed by atoms with Gasteiger partial charge >= 0.3 is 0 Å². The number of anilines is 1. The molecule has 0 aromatic heterocycles. The molecule has 3 rings (SSSR count). The molecule has 24 heavy (non-hydrogen) atoms. The number of piperidine rings is 1. The molecule has 2 aliphatic rings. The van der Waals surface area contributed by atoms with Gasteiger partial charge in [0.15, 0.2) is 0 Å². The first-order valence-corrected chi connectivity index (χ1v) is 9.45. The molecule has 1 aromatic carbocycles. The highest BCUT2D eigenvalue weighted by molar-refractivity contribution is 6.30. The third-order valence-corrected chi connectivity index (χ3v) is 5.60. The van der Waals surface area contributed by atoms with E-state index in [1.165, 1.54) is 17.7 Å². The molecule has 4 nitrogen and oxygen atoms in total. The number of aryl methyl sites for hydroxylation is 1. The molecule has 1 aromatic rings. The second kappa shape index (κ2) is 7.75. The Kier molecular flexibility index (Phi) is 5.67. The van der Waals surface area contributed by atoms with Crippen molar-refractivity contribution in [3.63, 3.8) is 0 Å². The van der Waals surface area contributed by atoms with Crippen LogP contribution in [0.4, 0.5) is 5.69 Å². The topological polar surface area (TPSA) is 26.8 Å². The molecule has 2 saturated heterocycles. The predicted octanol–water partition coefficient (Wildman–Crippen LogP) is 3.17. The molecule has 1 amide bonds. The molecule has 132 valence electrons. The normalized spacial score (nSPS) is 22.7. The molecule has 0 spiro atoms. The summed E-state index contributed by atoms with van der Waals surface area (Å²) in [5, 5.41) is 0.785. The lowest BCUT2D eigenvalue weighted by Crippen LogP contribution is -2.52.